The first-order valence-electron chi connectivity index (χ1n) is 10.8. The highest BCUT2D eigenvalue weighted by atomic mass is 32.3. The number of aromatic hydroxyl groups is 1. The second-order valence-electron chi connectivity index (χ2n) is 7.66. The van der Waals surface area contributed by atoms with E-state index in [-0.39, 0.29) is 28.4 Å². The molecule has 0 amide bonds. The number of ether oxygens (including phenoxy) is 1. The van der Waals surface area contributed by atoms with Gasteiger partial charge in [0.15, 0.2) is 11.6 Å². The molecule has 34 heavy (non-hydrogen) atoms. The minimum absolute atomic E-state index is 0.0970. The number of quaternary nitrogens is 1. The van der Waals surface area contributed by atoms with Crippen molar-refractivity contribution in [2.45, 2.75) is 13.3 Å². The Morgan fingerprint density at radius 1 is 1.06 bits per heavy atom. The van der Waals surface area contributed by atoms with Crippen LogP contribution in [0, 0.1) is 0 Å². The first-order chi connectivity index (χ1) is 16.1. The molecule has 1 saturated heterocycles. The number of likely N-dealkylation sites (N-methyl/N-ethyl adjacent to an activating group) is 1. The number of hydrogen-bond donors (Lipinski definition) is 3. The van der Waals surface area contributed by atoms with Gasteiger partial charge in [-0.15, -0.1) is 0 Å². The topological polar surface area (TPSA) is 146 Å². The number of carbonyl (C=O) groups is 2. The molecule has 2 aromatic rings. The van der Waals surface area contributed by atoms with Crippen LogP contribution in [0.5, 0.6) is 5.75 Å². The van der Waals surface area contributed by atoms with E-state index in [0.29, 0.717) is 23.4 Å². The normalized spacial score (nSPS) is 15.2. The van der Waals surface area contributed by atoms with Gasteiger partial charge in [0.05, 0.1) is 38.5 Å². The van der Waals surface area contributed by atoms with Gasteiger partial charge in [0.1, 0.15) is 18.8 Å². The van der Waals surface area contributed by atoms with Gasteiger partial charge in [0.2, 0.25) is 10.4 Å². The fraction of sp³-hybridized carbons (Fsp3) is 0.391. The molecule has 0 bridgehead atoms. The van der Waals surface area contributed by atoms with Crippen LogP contribution in [0.15, 0.2) is 36.4 Å². The van der Waals surface area contributed by atoms with E-state index in [4.69, 9.17) is 4.74 Å². The summed E-state index contributed by atoms with van der Waals surface area (Å²) < 4.78 is 36.1. The number of ketones is 2. The van der Waals surface area contributed by atoms with Crippen molar-refractivity contribution in [2.75, 3.05) is 52.3 Å². The van der Waals surface area contributed by atoms with Gasteiger partial charge in [0, 0.05) is 23.4 Å². The van der Waals surface area contributed by atoms with Crippen LogP contribution in [-0.2, 0) is 19.3 Å². The van der Waals surface area contributed by atoms with E-state index in [0.717, 1.165) is 26.7 Å². The van der Waals surface area contributed by atoms with Crippen LogP contribution in [0.2, 0.25) is 0 Å². The van der Waals surface area contributed by atoms with Crippen LogP contribution >= 0.6 is 0 Å². The molecule has 0 aromatic heterocycles. The molecule has 1 fully saturated rings. The third kappa shape index (κ3) is 7.34. The lowest BCUT2D eigenvalue weighted by Crippen LogP contribution is -3.11. The SMILES string of the molecule is CCCNc1ccc(O)c2c1C(=O)c1ccccc1C2=O.COS(=O)(=O)[O-].C[NH+]1CCOCC1. The Labute approximate surface area is 199 Å². The summed E-state index contributed by atoms with van der Waals surface area (Å²) in [5, 5.41) is 13.2. The maximum Gasteiger partial charge on any atom is 0.217 e. The molecule has 0 unspecified atom stereocenters. The molecule has 2 aromatic carbocycles. The molecule has 1 aliphatic carbocycles. The van der Waals surface area contributed by atoms with Crippen LogP contribution in [0.25, 0.3) is 0 Å². The molecule has 1 aliphatic heterocycles. The summed E-state index contributed by atoms with van der Waals surface area (Å²) in [6.07, 6.45) is 0.897. The van der Waals surface area contributed by atoms with Crippen LogP contribution in [-0.4, -0.2) is 76.6 Å². The zero-order valence-corrected chi connectivity index (χ0v) is 20.2. The summed E-state index contributed by atoms with van der Waals surface area (Å²) in [6.45, 7) is 6.97. The van der Waals surface area contributed by atoms with E-state index in [1.165, 1.54) is 19.2 Å². The summed E-state index contributed by atoms with van der Waals surface area (Å²) in [5.74, 6) is -0.688. The van der Waals surface area contributed by atoms with E-state index < -0.39 is 10.4 Å². The molecule has 2 aliphatic rings. The van der Waals surface area contributed by atoms with E-state index in [1.807, 2.05) is 6.92 Å². The van der Waals surface area contributed by atoms with Gasteiger partial charge in [-0.1, -0.05) is 31.2 Å². The van der Waals surface area contributed by atoms with Gasteiger partial charge in [0.25, 0.3) is 0 Å². The van der Waals surface area contributed by atoms with Crippen molar-refractivity contribution in [1.82, 2.24) is 0 Å². The zero-order valence-electron chi connectivity index (χ0n) is 19.4. The smallest absolute Gasteiger partial charge is 0.217 e. The molecular formula is C23H30N2O8S. The number of phenols is 1. The third-order valence-corrected chi connectivity index (χ3v) is 5.58. The number of hydrogen-bond acceptors (Lipinski definition) is 9. The fourth-order valence-electron chi connectivity index (χ4n) is 3.33. The lowest BCUT2D eigenvalue weighted by Gasteiger charge is -2.21. The van der Waals surface area contributed by atoms with Crippen molar-refractivity contribution in [3.05, 3.63) is 58.7 Å². The number of benzene rings is 2. The largest absolute Gasteiger partial charge is 0.726 e. The summed E-state index contributed by atoms with van der Waals surface area (Å²) >= 11 is 0. The third-order valence-electron chi connectivity index (χ3n) is 5.17. The zero-order chi connectivity index (χ0) is 25.3. The average molecular weight is 495 g/mol. The maximum atomic E-state index is 12.7. The van der Waals surface area contributed by atoms with Crippen molar-refractivity contribution >= 4 is 27.7 Å². The second-order valence-corrected chi connectivity index (χ2v) is 8.81. The van der Waals surface area contributed by atoms with Gasteiger partial charge in [-0.25, -0.2) is 8.42 Å². The minimum Gasteiger partial charge on any atom is -0.726 e. The van der Waals surface area contributed by atoms with Gasteiger partial charge in [-0.05, 0) is 18.6 Å². The van der Waals surface area contributed by atoms with Crippen molar-refractivity contribution in [2.24, 2.45) is 0 Å². The predicted molar refractivity (Wildman–Crippen MR) is 124 cm³/mol. The molecule has 1 heterocycles. The number of fused-ring (bicyclic) bond motifs is 2. The lowest BCUT2D eigenvalue weighted by molar-refractivity contribution is -0.888. The van der Waals surface area contributed by atoms with Crippen molar-refractivity contribution in [1.29, 1.82) is 0 Å². The summed E-state index contributed by atoms with van der Waals surface area (Å²) in [5.41, 5.74) is 1.70. The molecule has 0 radical (unpaired) electrons. The number of rotatable bonds is 4. The number of carbonyl (C=O) groups excluding carboxylic acids is 2. The van der Waals surface area contributed by atoms with Crippen LogP contribution in [0.4, 0.5) is 5.69 Å². The Morgan fingerprint density at radius 2 is 1.59 bits per heavy atom. The highest BCUT2D eigenvalue weighted by molar-refractivity contribution is 7.80. The summed E-state index contributed by atoms with van der Waals surface area (Å²) in [6, 6.07) is 9.80. The van der Waals surface area contributed by atoms with E-state index in [9.17, 15) is 27.7 Å². The lowest BCUT2D eigenvalue weighted by atomic mass is 9.82. The number of morpholine rings is 1. The standard InChI is InChI=1S/C17H15NO3.C5H11NO.CH4O4S/c1-2-9-18-12-7-8-13(19)15-14(12)16(20)10-5-3-4-6-11(10)17(15)21;1-6-2-4-7-5-3-6;1-5-6(2,3)4/h3-8,18-19H,2,9H2,1H3;2-5H2,1H3;1H3,(H,2,3,4). The van der Waals surface area contributed by atoms with E-state index >= 15 is 0 Å². The fourth-order valence-corrected chi connectivity index (χ4v) is 3.33. The Balaban J connectivity index is 0.000000257. The number of anilines is 1. The molecule has 10 nitrogen and oxygen atoms in total. The number of nitrogens with one attached hydrogen (secondary N) is 2. The quantitative estimate of drug-likeness (QED) is 0.270. The first kappa shape index (κ1) is 27.4. The van der Waals surface area contributed by atoms with Gasteiger partial charge >= 0.3 is 0 Å². The number of phenolic OH excluding ortho intramolecular Hbond substituents is 1. The molecular weight excluding hydrogens is 464 g/mol. The monoisotopic (exact) mass is 494 g/mol. The molecule has 3 N–H and O–H groups in total. The molecule has 186 valence electrons. The molecule has 0 saturated carbocycles. The highest BCUT2D eigenvalue weighted by Crippen LogP contribution is 2.36. The van der Waals surface area contributed by atoms with Crippen LogP contribution in [0.1, 0.15) is 45.2 Å². The molecule has 4 rings (SSSR count). The van der Waals surface area contributed by atoms with Gasteiger partial charge in [-0.3, -0.25) is 13.8 Å². The second kappa shape index (κ2) is 12.6. The Hall–Kier alpha value is -2.83. The van der Waals surface area contributed by atoms with Crippen LogP contribution < -0.4 is 10.2 Å². The van der Waals surface area contributed by atoms with Gasteiger partial charge < -0.3 is 24.6 Å². The van der Waals surface area contributed by atoms with Crippen molar-refractivity contribution in [3.63, 3.8) is 0 Å². The van der Waals surface area contributed by atoms with Gasteiger partial charge in [-0.2, -0.15) is 0 Å². The van der Waals surface area contributed by atoms with E-state index in [2.05, 4.69) is 16.5 Å². The van der Waals surface area contributed by atoms with Crippen LogP contribution in [0.3, 0.4) is 0 Å². The van der Waals surface area contributed by atoms with Crippen molar-refractivity contribution in [3.8, 4) is 5.75 Å². The van der Waals surface area contributed by atoms with E-state index in [1.54, 1.807) is 35.2 Å². The molecule has 11 heteroatoms. The highest BCUT2D eigenvalue weighted by Gasteiger charge is 2.33. The Bertz CT molecular complexity index is 1110. The Morgan fingerprint density at radius 3 is 2.03 bits per heavy atom. The average Bonchev–Trinajstić information content (AvgIpc) is 2.82. The minimum atomic E-state index is -4.41. The Kier molecular flexibility index (Phi) is 10.1. The summed E-state index contributed by atoms with van der Waals surface area (Å²) in [4.78, 5) is 26.8. The molecule has 0 spiro atoms. The molecule has 0 atom stereocenters. The van der Waals surface area contributed by atoms with Crippen molar-refractivity contribution < 1.29 is 41.5 Å². The maximum absolute atomic E-state index is 12.7. The summed E-state index contributed by atoms with van der Waals surface area (Å²) in [7, 11) is -1.41. The first-order valence-corrected chi connectivity index (χ1v) is 12.1. The predicted octanol–water partition coefficient (Wildman–Crippen LogP) is 0.614.